The first-order valence-corrected chi connectivity index (χ1v) is 13.9. The molecule has 226 valence electrons. The number of nitrogens with zero attached hydrogens (tertiary/aromatic N) is 2. The van der Waals surface area contributed by atoms with Crippen LogP contribution in [0.15, 0.2) is 94.8 Å². The highest BCUT2D eigenvalue weighted by Crippen LogP contribution is 2.42. The van der Waals surface area contributed by atoms with E-state index in [1.165, 1.54) is 10.9 Å². The van der Waals surface area contributed by atoms with Crippen molar-refractivity contribution in [3.05, 3.63) is 128 Å². The van der Waals surface area contributed by atoms with Crippen LogP contribution in [0.3, 0.4) is 0 Å². The summed E-state index contributed by atoms with van der Waals surface area (Å²) in [6.07, 6.45) is -1.09. The molecule has 0 radical (unpaired) electrons. The Labute approximate surface area is 251 Å². The molecule has 3 aromatic carbocycles. The Morgan fingerprint density at radius 1 is 0.932 bits per heavy atom. The molecule has 3 heterocycles. The van der Waals surface area contributed by atoms with E-state index in [0.29, 0.717) is 11.5 Å². The van der Waals surface area contributed by atoms with Gasteiger partial charge in [-0.2, -0.15) is 0 Å². The summed E-state index contributed by atoms with van der Waals surface area (Å²) >= 11 is 0. The normalized spacial score (nSPS) is 18.4. The number of benzene rings is 3. The molecular weight excluding hydrogens is 566 g/mol. The number of hydrogen-bond acceptors (Lipinski definition) is 9. The first-order valence-electron chi connectivity index (χ1n) is 13.9. The molecule has 1 aliphatic rings. The van der Waals surface area contributed by atoms with Crippen LogP contribution in [0, 0.1) is 5.41 Å². The predicted octanol–water partition coefficient (Wildman–Crippen LogP) is 2.57. The summed E-state index contributed by atoms with van der Waals surface area (Å²) in [6.45, 7) is -0.0236. The van der Waals surface area contributed by atoms with Crippen LogP contribution in [0.25, 0.3) is 11.0 Å². The molecule has 5 aromatic rings. The second-order valence-electron chi connectivity index (χ2n) is 10.4. The van der Waals surface area contributed by atoms with Gasteiger partial charge in [0.05, 0.1) is 26.9 Å². The molecule has 6 rings (SSSR count). The summed E-state index contributed by atoms with van der Waals surface area (Å²) in [4.78, 5) is 33.2. The van der Waals surface area contributed by atoms with Crippen molar-refractivity contribution in [2.24, 2.45) is 0 Å². The minimum absolute atomic E-state index is 0.0236. The largest absolute Gasteiger partial charge is 0.497 e. The van der Waals surface area contributed by atoms with Crippen LogP contribution in [0.1, 0.15) is 29.3 Å². The van der Waals surface area contributed by atoms with E-state index in [2.05, 4.69) is 15.0 Å². The number of ether oxygens (including phenoxy) is 4. The number of aliphatic hydroxyl groups excluding tert-OH is 1. The lowest BCUT2D eigenvalue weighted by Crippen LogP contribution is -2.38. The molecule has 0 saturated carbocycles. The van der Waals surface area contributed by atoms with Gasteiger partial charge in [0.2, 0.25) is 0 Å². The number of aromatic amines is 2. The van der Waals surface area contributed by atoms with Crippen LogP contribution in [-0.2, 0) is 15.1 Å². The van der Waals surface area contributed by atoms with Crippen molar-refractivity contribution in [3.8, 4) is 11.5 Å². The number of H-pyrrole nitrogens is 2. The first-order chi connectivity index (χ1) is 21.3. The summed E-state index contributed by atoms with van der Waals surface area (Å²) in [5.74, 6) is 1.38. The highest BCUT2D eigenvalue weighted by atomic mass is 16.6. The first kappa shape index (κ1) is 29.1. The molecule has 1 fully saturated rings. The van der Waals surface area contributed by atoms with Gasteiger partial charge in [0.1, 0.15) is 46.8 Å². The number of aliphatic hydroxyl groups is 1. The Balaban J connectivity index is 1.39. The molecule has 4 N–H and O–H groups in total. The van der Waals surface area contributed by atoms with E-state index < -0.39 is 35.3 Å². The van der Waals surface area contributed by atoms with Crippen molar-refractivity contribution >= 4 is 11.0 Å². The monoisotopic (exact) mass is 597 g/mol. The van der Waals surface area contributed by atoms with Gasteiger partial charge in [-0.3, -0.25) is 24.7 Å². The van der Waals surface area contributed by atoms with E-state index in [-0.39, 0.29) is 29.5 Å². The molecule has 0 bridgehead atoms. The third kappa shape index (κ3) is 5.19. The van der Waals surface area contributed by atoms with E-state index in [4.69, 9.17) is 24.4 Å². The molecule has 0 unspecified atom stereocenters. The van der Waals surface area contributed by atoms with Gasteiger partial charge >= 0.3 is 5.69 Å². The van der Waals surface area contributed by atoms with Crippen LogP contribution in [0.2, 0.25) is 0 Å². The molecule has 3 atom stereocenters. The van der Waals surface area contributed by atoms with Gasteiger partial charge in [-0.05, 0) is 41.0 Å². The standard InChI is InChI=1S/C32H31N5O7/c1-41-22-12-8-20(9-13-22)32(19-6-4-3-5-7-19,21-10-14-23(42-2)15-11-21)43-17-25-24(38)16-26(44-25)37-18-34-28(33)27-29(37)35-31(40)36-30(27)39/h3-15,18,24-26,33,38H,16-17H2,1-2H3,(H2,35,36,39,40)/t24-,25+,26-/m0/s1. The topological polar surface area (TPSA) is 165 Å². The third-order valence-corrected chi connectivity index (χ3v) is 7.88. The second-order valence-corrected chi connectivity index (χ2v) is 10.4. The van der Waals surface area contributed by atoms with Gasteiger partial charge in [-0.15, -0.1) is 0 Å². The Morgan fingerprint density at radius 3 is 2.11 bits per heavy atom. The molecule has 44 heavy (non-hydrogen) atoms. The zero-order valence-corrected chi connectivity index (χ0v) is 24.0. The molecule has 1 saturated heterocycles. The molecule has 0 spiro atoms. The van der Waals surface area contributed by atoms with Gasteiger partial charge in [-0.25, -0.2) is 9.78 Å². The molecule has 0 aliphatic carbocycles. The number of fused-ring (bicyclic) bond motifs is 1. The lowest BCUT2D eigenvalue weighted by atomic mass is 9.80. The number of aromatic nitrogens is 4. The van der Waals surface area contributed by atoms with Crippen molar-refractivity contribution in [1.82, 2.24) is 19.5 Å². The van der Waals surface area contributed by atoms with Crippen molar-refractivity contribution in [1.29, 1.82) is 5.41 Å². The molecular formula is C32H31N5O7. The smallest absolute Gasteiger partial charge is 0.327 e. The minimum atomic E-state index is -1.12. The number of rotatable bonds is 9. The average Bonchev–Trinajstić information content (AvgIpc) is 3.42. The van der Waals surface area contributed by atoms with Gasteiger partial charge in [0.25, 0.3) is 5.56 Å². The van der Waals surface area contributed by atoms with Crippen molar-refractivity contribution in [2.45, 2.75) is 30.5 Å². The Hall–Kier alpha value is -5.04. The molecule has 12 heteroatoms. The lowest BCUT2D eigenvalue weighted by Gasteiger charge is -2.37. The SMILES string of the molecule is COc1ccc(C(OC[C@H]2O[C@H](n3cnc(=N)c4c(=O)[nH]c(=O)[nH]c43)C[C@@H]2O)(c2ccccc2)c2ccc(OC)cc2)cc1. The highest BCUT2D eigenvalue weighted by Gasteiger charge is 2.42. The van der Waals surface area contributed by atoms with E-state index >= 15 is 0 Å². The minimum Gasteiger partial charge on any atom is -0.497 e. The number of nitrogens with one attached hydrogen (secondary N) is 3. The zero-order valence-electron chi connectivity index (χ0n) is 24.0. The van der Waals surface area contributed by atoms with E-state index in [0.717, 1.165) is 16.7 Å². The maximum absolute atomic E-state index is 12.4. The fourth-order valence-electron chi connectivity index (χ4n) is 5.67. The summed E-state index contributed by atoms with van der Waals surface area (Å²) in [6, 6.07) is 25.0. The fourth-order valence-corrected chi connectivity index (χ4v) is 5.67. The lowest BCUT2D eigenvalue weighted by molar-refractivity contribution is -0.0932. The van der Waals surface area contributed by atoms with Gasteiger partial charge in [-0.1, -0.05) is 54.6 Å². The fraction of sp³-hybridized carbons (Fsp3) is 0.250. The van der Waals surface area contributed by atoms with E-state index in [1.54, 1.807) is 14.2 Å². The van der Waals surface area contributed by atoms with Crippen molar-refractivity contribution in [3.63, 3.8) is 0 Å². The number of methoxy groups -OCH3 is 2. The molecule has 1 aliphatic heterocycles. The van der Waals surface area contributed by atoms with Crippen molar-refractivity contribution in [2.75, 3.05) is 20.8 Å². The summed E-state index contributed by atoms with van der Waals surface area (Å²) < 4.78 is 25.4. The van der Waals surface area contributed by atoms with Crippen LogP contribution in [0.4, 0.5) is 0 Å². The third-order valence-electron chi connectivity index (χ3n) is 7.88. The van der Waals surface area contributed by atoms with Crippen LogP contribution in [-0.4, -0.2) is 57.7 Å². The summed E-state index contributed by atoms with van der Waals surface area (Å²) in [5.41, 5.74) is -0.295. The summed E-state index contributed by atoms with van der Waals surface area (Å²) in [7, 11) is 3.21. The second kappa shape index (κ2) is 11.9. The molecule has 2 aromatic heterocycles. The van der Waals surface area contributed by atoms with Crippen LogP contribution in [0.5, 0.6) is 11.5 Å². The van der Waals surface area contributed by atoms with Crippen LogP contribution < -0.4 is 26.2 Å². The predicted molar refractivity (Wildman–Crippen MR) is 160 cm³/mol. The quantitative estimate of drug-likeness (QED) is 0.188. The van der Waals surface area contributed by atoms with E-state index in [1.807, 2.05) is 78.9 Å². The van der Waals surface area contributed by atoms with E-state index in [9.17, 15) is 14.7 Å². The maximum Gasteiger partial charge on any atom is 0.327 e. The Kier molecular flexibility index (Phi) is 7.87. The summed E-state index contributed by atoms with van der Waals surface area (Å²) in [5, 5.41) is 19.1. The maximum atomic E-state index is 12.4. The molecule has 12 nitrogen and oxygen atoms in total. The van der Waals surface area contributed by atoms with Crippen molar-refractivity contribution < 1.29 is 24.1 Å². The highest BCUT2D eigenvalue weighted by molar-refractivity contribution is 5.71. The Bertz CT molecular complexity index is 1890. The number of hydrogen-bond donors (Lipinski definition) is 4. The Morgan fingerprint density at radius 2 is 1.52 bits per heavy atom. The average molecular weight is 598 g/mol. The van der Waals surface area contributed by atoms with Gasteiger partial charge < -0.3 is 24.1 Å². The van der Waals surface area contributed by atoms with Gasteiger partial charge in [0.15, 0.2) is 5.49 Å². The van der Waals surface area contributed by atoms with Crippen LogP contribution >= 0.6 is 0 Å². The van der Waals surface area contributed by atoms with Gasteiger partial charge in [0, 0.05) is 6.42 Å². The molecule has 0 amide bonds. The zero-order chi connectivity index (χ0) is 30.8.